The molecule has 0 spiro atoms. The third kappa shape index (κ3) is 6.32. The summed E-state index contributed by atoms with van der Waals surface area (Å²) in [4.78, 5) is 26.2. The van der Waals surface area contributed by atoms with Crippen LogP contribution in [0, 0.1) is 31.1 Å². The average molecular weight is 733 g/mol. The Morgan fingerprint density at radius 2 is 1.80 bits per heavy atom. The number of nitrogens with zero attached hydrogens (tertiary/aromatic N) is 5. The van der Waals surface area contributed by atoms with E-state index in [4.69, 9.17) is 14.1 Å². The summed E-state index contributed by atoms with van der Waals surface area (Å²) in [7, 11) is 1.45. The van der Waals surface area contributed by atoms with Gasteiger partial charge in [0.1, 0.15) is 17.3 Å². The van der Waals surface area contributed by atoms with Crippen LogP contribution < -0.4 is 5.32 Å². The highest BCUT2D eigenvalue weighted by molar-refractivity contribution is 5.93. The number of aliphatic hydroxyl groups excluding tert-OH is 1. The van der Waals surface area contributed by atoms with Gasteiger partial charge < -0.3 is 19.6 Å². The van der Waals surface area contributed by atoms with Crippen molar-refractivity contribution < 1.29 is 19.1 Å². The highest BCUT2D eigenvalue weighted by Crippen LogP contribution is 2.44. The van der Waals surface area contributed by atoms with E-state index in [0.717, 1.165) is 105 Å². The molecule has 2 atom stereocenters. The first-order chi connectivity index (χ1) is 26.8. The van der Waals surface area contributed by atoms with Gasteiger partial charge >= 0.3 is 5.97 Å². The van der Waals surface area contributed by atoms with E-state index in [1.54, 1.807) is 0 Å². The van der Waals surface area contributed by atoms with Gasteiger partial charge in [-0.2, -0.15) is 5.26 Å². The van der Waals surface area contributed by atoms with Crippen LogP contribution in [-0.4, -0.2) is 70.2 Å². The molecule has 2 saturated heterocycles. The molecule has 2 aliphatic heterocycles. The summed E-state index contributed by atoms with van der Waals surface area (Å²) < 4.78 is 11.6. The lowest BCUT2D eigenvalue weighted by atomic mass is 9.81. The van der Waals surface area contributed by atoms with Crippen LogP contribution in [0.1, 0.15) is 58.7 Å². The van der Waals surface area contributed by atoms with E-state index in [9.17, 15) is 15.2 Å². The fraction of sp³-hybridized carbons (Fsp3) is 0.333. The predicted molar refractivity (Wildman–Crippen MR) is 213 cm³/mol. The SMILES string of the molecule is COC(=O)C1CN(C2CCCc3c2cc2cc(-c4cccc(-c5cccc(Nc6nccc7cc(CN8CC[C@@H](O)C8)cnc67)c5C)c4C)oc2c3C#N)C1. The zero-order valence-electron chi connectivity index (χ0n) is 31.4. The molecular formula is C45H44N6O4. The second kappa shape index (κ2) is 14.2. The summed E-state index contributed by atoms with van der Waals surface area (Å²) in [6, 6.07) is 23.7. The predicted octanol–water partition coefficient (Wildman–Crippen LogP) is 7.99. The largest absolute Gasteiger partial charge is 0.469 e. The van der Waals surface area contributed by atoms with Crippen molar-refractivity contribution in [3.63, 3.8) is 0 Å². The number of hydrogen-bond donors (Lipinski definition) is 2. The topological polar surface area (TPSA) is 128 Å². The van der Waals surface area contributed by atoms with Crippen molar-refractivity contribution in [2.45, 2.75) is 58.2 Å². The number of ether oxygens (including phenoxy) is 1. The van der Waals surface area contributed by atoms with Gasteiger partial charge in [-0.15, -0.1) is 0 Å². The number of aliphatic hydroxyl groups is 1. The molecule has 9 rings (SSSR count). The molecule has 5 heterocycles. The quantitative estimate of drug-likeness (QED) is 0.149. The molecule has 2 fully saturated rings. The van der Waals surface area contributed by atoms with Crippen LogP contribution in [0.4, 0.5) is 11.5 Å². The fourth-order valence-corrected chi connectivity index (χ4v) is 9.03. The minimum Gasteiger partial charge on any atom is -0.469 e. The Kier molecular flexibility index (Phi) is 9.09. The van der Waals surface area contributed by atoms with Crippen LogP contribution in [-0.2, 0) is 22.5 Å². The molecule has 0 amide bonds. The van der Waals surface area contributed by atoms with Crippen molar-refractivity contribution in [2.75, 3.05) is 38.6 Å². The second-order valence-electron chi connectivity index (χ2n) is 15.4. The first kappa shape index (κ1) is 35.1. The number of benzene rings is 3. The number of carbonyl (C=O) groups excluding carboxylic acids is 1. The number of carbonyl (C=O) groups is 1. The van der Waals surface area contributed by atoms with Crippen molar-refractivity contribution in [3.8, 4) is 28.5 Å². The van der Waals surface area contributed by atoms with Crippen molar-refractivity contribution in [2.24, 2.45) is 5.92 Å². The number of hydrogen-bond acceptors (Lipinski definition) is 10. The number of nitrogens with one attached hydrogen (secondary N) is 1. The van der Waals surface area contributed by atoms with Crippen LogP contribution in [0.2, 0.25) is 0 Å². The second-order valence-corrected chi connectivity index (χ2v) is 15.4. The van der Waals surface area contributed by atoms with Gasteiger partial charge in [0.05, 0.1) is 24.7 Å². The lowest BCUT2D eigenvalue weighted by molar-refractivity contribution is -0.152. The third-order valence-corrected chi connectivity index (χ3v) is 12.0. The Bertz CT molecular complexity index is 2510. The number of furan rings is 1. The number of esters is 1. The maximum atomic E-state index is 12.1. The number of aromatic nitrogens is 2. The number of likely N-dealkylation sites (tertiary alicyclic amines) is 2. The molecule has 3 aromatic carbocycles. The molecule has 10 nitrogen and oxygen atoms in total. The summed E-state index contributed by atoms with van der Waals surface area (Å²) in [6.45, 7) is 7.96. The minimum absolute atomic E-state index is 0.0898. The van der Waals surface area contributed by atoms with Crippen LogP contribution >= 0.6 is 0 Å². The highest BCUT2D eigenvalue weighted by atomic mass is 16.5. The Morgan fingerprint density at radius 1 is 1.00 bits per heavy atom. The minimum atomic E-state index is -0.248. The van der Waals surface area contributed by atoms with Crippen LogP contribution in [0.25, 0.3) is 44.3 Å². The maximum absolute atomic E-state index is 12.1. The van der Waals surface area contributed by atoms with Gasteiger partial charge in [-0.25, -0.2) is 4.98 Å². The smallest absolute Gasteiger partial charge is 0.311 e. The number of methoxy groups -OCH3 is 1. The summed E-state index contributed by atoms with van der Waals surface area (Å²) in [5.41, 5.74) is 11.7. The van der Waals surface area contributed by atoms with Gasteiger partial charge in [-0.1, -0.05) is 30.3 Å². The van der Waals surface area contributed by atoms with Crippen LogP contribution in [0.5, 0.6) is 0 Å². The van der Waals surface area contributed by atoms with E-state index in [0.29, 0.717) is 36.6 Å². The molecule has 55 heavy (non-hydrogen) atoms. The van der Waals surface area contributed by atoms with E-state index in [1.165, 1.54) is 12.7 Å². The number of pyridine rings is 2. The average Bonchev–Trinajstić information content (AvgIpc) is 3.79. The fourth-order valence-electron chi connectivity index (χ4n) is 9.03. The molecule has 3 aromatic heterocycles. The molecule has 278 valence electrons. The van der Waals surface area contributed by atoms with Crippen LogP contribution in [0.3, 0.4) is 0 Å². The summed E-state index contributed by atoms with van der Waals surface area (Å²) in [5.74, 6) is 1.19. The summed E-state index contributed by atoms with van der Waals surface area (Å²) in [6.07, 6.45) is 7.11. The van der Waals surface area contributed by atoms with Crippen LogP contribution in [0.15, 0.2) is 77.5 Å². The molecule has 0 saturated carbocycles. The Hall–Kier alpha value is -5.60. The Morgan fingerprint density at radius 3 is 2.58 bits per heavy atom. The van der Waals surface area contributed by atoms with Gasteiger partial charge in [0, 0.05) is 73.2 Å². The third-order valence-electron chi connectivity index (χ3n) is 12.0. The molecular weight excluding hydrogens is 689 g/mol. The van der Waals surface area contributed by atoms with E-state index in [-0.39, 0.29) is 24.0 Å². The molecule has 0 radical (unpaired) electrons. The van der Waals surface area contributed by atoms with E-state index < -0.39 is 0 Å². The first-order valence-corrected chi connectivity index (χ1v) is 19.2. The number of rotatable bonds is 8. The van der Waals surface area contributed by atoms with E-state index >= 15 is 0 Å². The van der Waals surface area contributed by atoms with E-state index in [2.05, 4.69) is 94.6 Å². The van der Waals surface area contributed by atoms with Gasteiger partial charge in [0.2, 0.25) is 0 Å². The van der Waals surface area contributed by atoms with Gasteiger partial charge in [-0.05, 0) is 109 Å². The molecule has 6 aromatic rings. The molecule has 3 aliphatic rings. The summed E-state index contributed by atoms with van der Waals surface area (Å²) >= 11 is 0. The zero-order chi connectivity index (χ0) is 37.8. The van der Waals surface area contributed by atoms with Gasteiger partial charge in [0.25, 0.3) is 0 Å². The molecule has 10 heteroatoms. The number of anilines is 2. The Balaban J connectivity index is 1.01. The molecule has 0 bridgehead atoms. The lowest BCUT2D eigenvalue weighted by Crippen LogP contribution is -2.52. The highest BCUT2D eigenvalue weighted by Gasteiger charge is 2.40. The lowest BCUT2D eigenvalue weighted by Gasteiger charge is -2.45. The first-order valence-electron chi connectivity index (χ1n) is 19.2. The monoisotopic (exact) mass is 732 g/mol. The standard InChI is InChI=1S/C45H44N6O4/c1-26-33(34-8-5-11-39(27(34)2)49-44-42-29(13-15-47-44)17-28(21-48-42)22-50-16-14-32(52)25-50)7-4-9-35(26)41-19-30-18-37-36(38(20-46)43(30)55-41)10-6-12-40(37)51-23-31(24-51)45(53)54-3/h4-5,7-9,11,13,15,17-19,21,31-32,40,52H,6,10,12,14,16,22-25H2,1-3H3,(H,47,49)/t32-,40?/m1/s1. The molecule has 2 N–H and O–H groups in total. The van der Waals surface area contributed by atoms with Gasteiger partial charge in [-0.3, -0.25) is 19.6 Å². The summed E-state index contributed by atoms with van der Waals surface area (Å²) in [5, 5.41) is 25.9. The zero-order valence-corrected chi connectivity index (χ0v) is 31.4. The Labute approximate surface area is 320 Å². The number of nitriles is 1. The van der Waals surface area contributed by atoms with E-state index in [1.807, 2.05) is 18.5 Å². The molecule has 1 unspecified atom stereocenters. The van der Waals surface area contributed by atoms with Crippen molar-refractivity contribution in [1.29, 1.82) is 5.26 Å². The van der Waals surface area contributed by atoms with Crippen molar-refractivity contribution in [3.05, 3.63) is 106 Å². The number of fused-ring (bicyclic) bond motifs is 3. The van der Waals surface area contributed by atoms with Crippen molar-refractivity contribution in [1.82, 2.24) is 19.8 Å². The normalized spacial score (nSPS) is 19.0. The van der Waals surface area contributed by atoms with Gasteiger partial charge in [0.15, 0.2) is 11.4 Å². The molecule has 1 aliphatic carbocycles. The maximum Gasteiger partial charge on any atom is 0.311 e. The number of β-amino-alcohol motifs (C(OH)–C–C–N with tert-alkyl or cyclic N) is 1. The van der Waals surface area contributed by atoms with Crippen molar-refractivity contribution >= 4 is 39.3 Å².